The van der Waals surface area contributed by atoms with Crippen molar-refractivity contribution in [3.63, 3.8) is 0 Å². The molecule has 1 amide bonds. The molecular formula is C15H16ClN3O3. The molecule has 3 rings (SSSR count). The Balaban J connectivity index is 1.79. The van der Waals surface area contributed by atoms with E-state index in [1.807, 2.05) is 6.07 Å². The van der Waals surface area contributed by atoms with Gasteiger partial charge in [-0.3, -0.25) is 14.0 Å². The van der Waals surface area contributed by atoms with Gasteiger partial charge in [0.25, 0.3) is 5.91 Å². The Labute approximate surface area is 132 Å². The average molecular weight is 322 g/mol. The molecule has 1 fully saturated rings. The van der Waals surface area contributed by atoms with E-state index in [2.05, 4.69) is 10.3 Å². The standard InChI is InChI=1S/C15H16ClN3O3/c16-13-12(19-7-2-1-6-11(19)18-13)14(20)17-10-5-3-4-9(8-10)15(21)22/h1-2,6-7,9-10H,3-5,8H2,(H,17,20)(H,21,22)/t9-,10+/m0/s1. The molecular weight excluding hydrogens is 306 g/mol. The Morgan fingerprint density at radius 1 is 1.36 bits per heavy atom. The van der Waals surface area contributed by atoms with Crippen molar-refractivity contribution >= 4 is 29.1 Å². The Morgan fingerprint density at radius 2 is 2.18 bits per heavy atom. The minimum Gasteiger partial charge on any atom is -0.481 e. The van der Waals surface area contributed by atoms with Crippen LogP contribution in [0.5, 0.6) is 0 Å². The molecule has 0 saturated heterocycles. The number of aliphatic carboxylic acids is 1. The third kappa shape index (κ3) is 2.78. The number of rotatable bonds is 3. The number of pyridine rings is 1. The molecule has 1 saturated carbocycles. The number of halogens is 1. The van der Waals surface area contributed by atoms with Crippen LogP contribution in [0.3, 0.4) is 0 Å². The van der Waals surface area contributed by atoms with Gasteiger partial charge < -0.3 is 10.4 Å². The predicted octanol–water partition coefficient (Wildman–Crippen LogP) is 2.36. The molecule has 2 N–H and O–H groups in total. The van der Waals surface area contributed by atoms with Crippen LogP contribution < -0.4 is 5.32 Å². The molecule has 116 valence electrons. The van der Waals surface area contributed by atoms with Crippen molar-refractivity contribution in [2.24, 2.45) is 5.92 Å². The maximum atomic E-state index is 12.5. The molecule has 1 aliphatic carbocycles. The second kappa shape index (κ2) is 5.96. The fraction of sp³-hybridized carbons (Fsp3) is 0.400. The summed E-state index contributed by atoms with van der Waals surface area (Å²) in [5.74, 6) is -1.51. The number of hydrogen-bond acceptors (Lipinski definition) is 3. The first-order valence-electron chi connectivity index (χ1n) is 7.22. The van der Waals surface area contributed by atoms with Gasteiger partial charge in [0.05, 0.1) is 5.92 Å². The number of nitrogens with one attached hydrogen (secondary N) is 1. The average Bonchev–Trinajstić information content (AvgIpc) is 2.83. The van der Waals surface area contributed by atoms with Crippen LogP contribution in [0.25, 0.3) is 5.65 Å². The molecule has 22 heavy (non-hydrogen) atoms. The van der Waals surface area contributed by atoms with E-state index in [1.165, 1.54) is 0 Å². The van der Waals surface area contributed by atoms with Gasteiger partial charge in [-0.2, -0.15) is 0 Å². The van der Waals surface area contributed by atoms with Crippen molar-refractivity contribution in [2.45, 2.75) is 31.7 Å². The second-order valence-electron chi connectivity index (χ2n) is 5.55. The first-order valence-corrected chi connectivity index (χ1v) is 7.60. The van der Waals surface area contributed by atoms with Crippen molar-refractivity contribution in [2.75, 3.05) is 0 Å². The summed E-state index contributed by atoms with van der Waals surface area (Å²) in [5.41, 5.74) is 0.888. The van der Waals surface area contributed by atoms with Gasteiger partial charge in [0.15, 0.2) is 10.8 Å². The zero-order chi connectivity index (χ0) is 15.7. The minimum atomic E-state index is -0.799. The van der Waals surface area contributed by atoms with E-state index in [0.29, 0.717) is 18.5 Å². The molecule has 0 aromatic carbocycles. The number of aromatic nitrogens is 2. The summed E-state index contributed by atoms with van der Waals surface area (Å²) in [4.78, 5) is 27.7. The molecule has 0 unspecified atom stereocenters. The van der Waals surface area contributed by atoms with Gasteiger partial charge in [0.1, 0.15) is 5.65 Å². The molecule has 2 aromatic rings. The quantitative estimate of drug-likeness (QED) is 0.909. The number of imidazole rings is 1. The van der Waals surface area contributed by atoms with Gasteiger partial charge in [-0.05, 0) is 31.4 Å². The summed E-state index contributed by atoms with van der Waals surface area (Å²) < 4.78 is 1.63. The first-order chi connectivity index (χ1) is 10.6. The molecule has 0 spiro atoms. The maximum Gasteiger partial charge on any atom is 0.306 e. The number of carbonyl (C=O) groups is 2. The van der Waals surface area contributed by atoms with Crippen LogP contribution in [0.2, 0.25) is 5.15 Å². The molecule has 6 nitrogen and oxygen atoms in total. The molecule has 2 atom stereocenters. The number of hydrogen-bond donors (Lipinski definition) is 2. The van der Waals surface area contributed by atoms with E-state index in [4.69, 9.17) is 16.7 Å². The number of carboxylic acid groups (broad SMARTS) is 1. The van der Waals surface area contributed by atoms with E-state index >= 15 is 0 Å². The molecule has 1 aliphatic rings. The summed E-state index contributed by atoms with van der Waals surface area (Å²) in [6, 6.07) is 5.23. The smallest absolute Gasteiger partial charge is 0.306 e. The maximum absolute atomic E-state index is 12.5. The summed E-state index contributed by atoms with van der Waals surface area (Å²) in [7, 11) is 0. The lowest BCUT2D eigenvalue weighted by molar-refractivity contribution is -0.143. The topological polar surface area (TPSA) is 83.7 Å². The predicted molar refractivity (Wildman–Crippen MR) is 81.1 cm³/mol. The van der Waals surface area contributed by atoms with Gasteiger partial charge in [0.2, 0.25) is 0 Å². The molecule has 2 heterocycles. The summed E-state index contributed by atoms with van der Waals surface area (Å²) in [6.07, 6.45) is 4.42. The Bertz CT molecular complexity index is 728. The van der Waals surface area contributed by atoms with Crippen molar-refractivity contribution in [3.05, 3.63) is 35.2 Å². The van der Waals surface area contributed by atoms with Crippen LogP contribution in [0.1, 0.15) is 36.2 Å². The Morgan fingerprint density at radius 3 is 2.95 bits per heavy atom. The van der Waals surface area contributed by atoms with Gasteiger partial charge in [-0.25, -0.2) is 4.98 Å². The highest BCUT2D eigenvalue weighted by Gasteiger charge is 2.29. The van der Waals surface area contributed by atoms with Crippen LogP contribution in [0.4, 0.5) is 0 Å². The minimum absolute atomic E-state index is 0.146. The van der Waals surface area contributed by atoms with Crippen molar-refractivity contribution in [1.29, 1.82) is 0 Å². The number of nitrogens with zero attached hydrogens (tertiary/aromatic N) is 2. The zero-order valence-electron chi connectivity index (χ0n) is 11.8. The molecule has 0 bridgehead atoms. The number of carboxylic acids is 1. The van der Waals surface area contributed by atoms with E-state index < -0.39 is 11.9 Å². The van der Waals surface area contributed by atoms with Crippen LogP contribution in [-0.4, -0.2) is 32.4 Å². The van der Waals surface area contributed by atoms with Crippen LogP contribution in [0.15, 0.2) is 24.4 Å². The van der Waals surface area contributed by atoms with E-state index in [1.54, 1.807) is 22.7 Å². The fourth-order valence-corrected chi connectivity index (χ4v) is 3.23. The Kier molecular flexibility index (Phi) is 4.02. The largest absolute Gasteiger partial charge is 0.481 e. The van der Waals surface area contributed by atoms with Gasteiger partial charge in [-0.1, -0.05) is 24.1 Å². The highest BCUT2D eigenvalue weighted by molar-refractivity contribution is 6.32. The highest BCUT2D eigenvalue weighted by atomic mass is 35.5. The molecule has 0 aliphatic heterocycles. The number of amides is 1. The SMILES string of the molecule is O=C(N[C@@H]1CCC[C@H](C(=O)O)C1)c1c(Cl)nc2ccccn12. The lowest BCUT2D eigenvalue weighted by atomic mass is 9.86. The van der Waals surface area contributed by atoms with E-state index in [9.17, 15) is 9.59 Å². The van der Waals surface area contributed by atoms with E-state index in [0.717, 1.165) is 12.8 Å². The molecule has 7 heteroatoms. The van der Waals surface area contributed by atoms with Gasteiger partial charge in [0, 0.05) is 12.2 Å². The second-order valence-corrected chi connectivity index (χ2v) is 5.91. The van der Waals surface area contributed by atoms with Crippen molar-refractivity contribution in [3.8, 4) is 0 Å². The third-order valence-corrected chi connectivity index (χ3v) is 4.32. The lowest BCUT2D eigenvalue weighted by Crippen LogP contribution is -2.40. The highest BCUT2D eigenvalue weighted by Crippen LogP contribution is 2.25. The summed E-state index contributed by atoms with van der Waals surface area (Å²) in [6.45, 7) is 0. The van der Waals surface area contributed by atoms with E-state index in [-0.39, 0.29) is 22.8 Å². The molecule has 0 radical (unpaired) electrons. The van der Waals surface area contributed by atoms with Crippen LogP contribution in [0, 0.1) is 5.92 Å². The van der Waals surface area contributed by atoms with Gasteiger partial charge >= 0.3 is 5.97 Å². The van der Waals surface area contributed by atoms with Crippen molar-refractivity contribution < 1.29 is 14.7 Å². The third-order valence-electron chi connectivity index (χ3n) is 4.06. The van der Waals surface area contributed by atoms with Crippen LogP contribution in [-0.2, 0) is 4.79 Å². The number of fused-ring (bicyclic) bond motifs is 1. The Hall–Kier alpha value is -2.08. The first kappa shape index (κ1) is 14.8. The van der Waals surface area contributed by atoms with Gasteiger partial charge in [-0.15, -0.1) is 0 Å². The monoisotopic (exact) mass is 321 g/mol. The lowest BCUT2D eigenvalue weighted by Gasteiger charge is -2.27. The molecule has 2 aromatic heterocycles. The number of carbonyl (C=O) groups excluding carboxylic acids is 1. The fourth-order valence-electron chi connectivity index (χ4n) is 2.97. The zero-order valence-corrected chi connectivity index (χ0v) is 12.6. The summed E-state index contributed by atoms with van der Waals surface area (Å²) in [5, 5.41) is 12.2. The normalized spacial score (nSPS) is 21.7. The summed E-state index contributed by atoms with van der Waals surface area (Å²) >= 11 is 6.07. The van der Waals surface area contributed by atoms with Crippen LogP contribution >= 0.6 is 11.6 Å². The van der Waals surface area contributed by atoms with Crippen molar-refractivity contribution in [1.82, 2.24) is 14.7 Å².